The van der Waals surface area contributed by atoms with Crippen LogP contribution >= 0.6 is 0 Å². The van der Waals surface area contributed by atoms with E-state index in [4.69, 9.17) is 9.15 Å². The van der Waals surface area contributed by atoms with Gasteiger partial charge < -0.3 is 14.1 Å². The van der Waals surface area contributed by atoms with Crippen LogP contribution in [0.2, 0.25) is 0 Å². The van der Waals surface area contributed by atoms with Crippen molar-refractivity contribution in [3.63, 3.8) is 0 Å². The third kappa shape index (κ3) is 4.83. The van der Waals surface area contributed by atoms with Gasteiger partial charge in [0.05, 0.1) is 16.6 Å². The minimum absolute atomic E-state index is 0.000703. The van der Waals surface area contributed by atoms with E-state index in [1.54, 1.807) is 29.2 Å². The Morgan fingerprint density at radius 2 is 1.78 bits per heavy atom. The molecule has 0 spiro atoms. The molecule has 10 heteroatoms. The molecule has 5 rings (SSSR count). The number of alkyl halides is 3. The number of benzene rings is 2. The van der Waals surface area contributed by atoms with Crippen LogP contribution in [-0.2, 0) is 10.9 Å². The Hall–Kier alpha value is -4.08. The van der Waals surface area contributed by atoms with Crippen LogP contribution in [-0.4, -0.2) is 33.1 Å². The van der Waals surface area contributed by atoms with Gasteiger partial charge in [0.15, 0.2) is 11.0 Å². The summed E-state index contributed by atoms with van der Waals surface area (Å²) in [6, 6.07) is 11.1. The molecule has 2 aromatic heterocycles. The molecule has 0 saturated carbocycles. The number of ether oxygens (including phenoxy) is 1. The molecule has 1 amide bonds. The van der Waals surface area contributed by atoms with Crippen LogP contribution in [0.25, 0.3) is 39.0 Å². The summed E-state index contributed by atoms with van der Waals surface area (Å²) in [5.41, 5.74) is 1.08. The number of rotatable bonds is 2. The minimum atomic E-state index is -4.67. The summed E-state index contributed by atoms with van der Waals surface area (Å²) < 4.78 is 51.0. The molecule has 1 N–H and O–H groups in total. The topological polar surface area (TPSA) is 88.4 Å². The lowest BCUT2D eigenvalue weighted by atomic mass is 10.0. The molecule has 2 aromatic carbocycles. The van der Waals surface area contributed by atoms with Gasteiger partial charge in [-0.3, -0.25) is 9.69 Å². The molecule has 37 heavy (non-hydrogen) atoms. The zero-order chi connectivity index (χ0) is 26.5. The summed E-state index contributed by atoms with van der Waals surface area (Å²) in [6.45, 7) is 5.96. The molecule has 0 bridgehead atoms. The van der Waals surface area contributed by atoms with E-state index in [0.29, 0.717) is 12.1 Å². The van der Waals surface area contributed by atoms with E-state index in [0.717, 1.165) is 24.1 Å². The second kappa shape index (κ2) is 8.79. The molecule has 1 aliphatic heterocycles. The second-order valence-electron chi connectivity index (χ2n) is 9.84. The third-order valence-electron chi connectivity index (χ3n) is 5.91. The van der Waals surface area contributed by atoms with Crippen molar-refractivity contribution >= 4 is 33.8 Å². The lowest BCUT2D eigenvalue weighted by molar-refractivity contribution is -0.144. The monoisotopic (exact) mass is 511 g/mol. The molecular weight excluding hydrogens is 487 g/mol. The fourth-order valence-electron chi connectivity index (χ4n) is 4.27. The van der Waals surface area contributed by atoms with Crippen molar-refractivity contribution in [3.8, 4) is 11.3 Å². The Labute approximate surface area is 209 Å². The maximum Gasteiger partial charge on any atom is 0.449 e. The number of carbonyl (C=O) groups is 1. The Balaban J connectivity index is 1.52. The van der Waals surface area contributed by atoms with E-state index in [-0.39, 0.29) is 27.8 Å². The Morgan fingerprint density at radius 3 is 2.46 bits per heavy atom. The van der Waals surface area contributed by atoms with E-state index >= 15 is 0 Å². The summed E-state index contributed by atoms with van der Waals surface area (Å²) in [5, 5.41) is 0.144. The van der Waals surface area contributed by atoms with Crippen molar-refractivity contribution < 1.29 is 27.1 Å². The Morgan fingerprint density at radius 1 is 1.08 bits per heavy atom. The van der Waals surface area contributed by atoms with Gasteiger partial charge in [-0.1, -0.05) is 30.3 Å². The first-order valence-corrected chi connectivity index (χ1v) is 11.8. The van der Waals surface area contributed by atoms with Crippen molar-refractivity contribution in [2.45, 2.75) is 45.4 Å². The molecule has 0 unspecified atom stereocenters. The van der Waals surface area contributed by atoms with Crippen molar-refractivity contribution in [2.24, 2.45) is 0 Å². The van der Waals surface area contributed by atoms with E-state index in [2.05, 4.69) is 9.97 Å². The number of H-pyrrole nitrogens is 1. The first kappa shape index (κ1) is 24.6. The lowest BCUT2D eigenvalue weighted by Gasteiger charge is -2.31. The predicted octanol–water partition coefficient (Wildman–Crippen LogP) is 6.73. The molecule has 0 radical (unpaired) electrons. The summed E-state index contributed by atoms with van der Waals surface area (Å²) in [5.74, 6) is -0.968. The molecular formula is C27H24F3N3O4. The van der Waals surface area contributed by atoms with Gasteiger partial charge in [-0.25, -0.2) is 9.78 Å². The number of aromatic nitrogens is 2. The van der Waals surface area contributed by atoms with Gasteiger partial charge in [0.2, 0.25) is 5.82 Å². The number of aromatic amines is 1. The average molecular weight is 512 g/mol. The highest BCUT2D eigenvalue weighted by Crippen LogP contribution is 2.33. The highest BCUT2D eigenvalue weighted by Gasteiger charge is 2.35. The van der Waals surface area contributed by atoms with Gasteiger partial charge in [-0.2, -0.15) is 13.2 Å². The van der Waals surface area contributed by atoms with Crippen LogP contribution in [0.15, 0.2) is 57.8 Å². The predicted molar refractivity (Wildman–Crippen MR) is 133 cm³/mol. The van der Waals surface area contributed by atoms with Crippen molar-refractivity contribution in [2.75, 3.05) is 6.54 Å². The highest BCUT2D eigenvalue weighted by atomic mass is 19.4. The number of hydrogen-bond donors (Lipinski definition) is 1. The van der Waals surface area contributed by atoms with Gasteiger partial charge >= 0.3 is 12.3 Å². The number of nitrogens with one attached hydrogen (secondary N) is 1. The van der Waals surface area contributed by atoms with Gasteiger partial charge in [0.1, 0.15) is 16.9 Å². The van der Waals surface area contributed by atoms with Gasteiger partial charge in [-0.05, 0) is 51.3 Å². The maximum atomic E-state index is 13.2. The number of imidazole rings is 1. The minimum Gasteiger partial charge on any atom is -0.454 e. The molecule has 0 aliphatic carbocycles. The molecule has 4 aromatic rings. The van der Waals surface area contributed by atoms with Gasteiger partial charge in [0, 0.05) is 18.2 Å². The Bertz CT molecular complexity index is 1590. The summed E-state index contributed by atoms with van der Waals surface area (Å²) in [6.07, 6.45) is -1.48. The first-order chi connectivity index (χ1) is 17.4. The smallest absolute Gasteiger partial charge is 0.449 e. The first-order valence-electron chi connectivity index (χ1n) is 11.8. The summed E-state index contributed by atoms with van der Waals surface area (Å²) in [7, 11) is 0. The molecule has 7 nitrogen and oxygen atoms in total. The SMILES string of the molecule is CC(C)(C)OC(=O)N1CCCC=C1c1ccc(-c2cc(=O)c3ccc4nc(C(F)(F)F)[nH]c4c3o2)cc1. The number of halogens is 3. The number of fused-ring (bicyclic) bond motifs is 3. The molecule has 0 fully saturated rings. The number of hydrogen-bond acceptors (Lipinski definition) is 5. The number of carbonyl (C=O) groups excluding carboxylic acids is 1. The molecule has 1 aliphatic rings. The lowest BCUT2D eigenvalue weighted by Crippen LogP contribution is -2.37. The van der Waals surface area contributed by atoms with Gasteiger partial charge in [-0.15, -0.1) is 0 Å². The van der Waals surface area contributed by atoms with Gasteiger partial charge in [0.25, 0.3) is 0 Å². The van der Waals surface area contributed by atoms with Crippen molar-refractivity contribution in [3.05, 3.63) is 70.2 Å². The normalized spacial score (nSPS) is 14.8. The van der Waals surface area contributed by atoms with E-state index in [9.17, 15) is 22.8 Å². The average Bonchev–Trinajstić information content (AvgIpc) is 3.29. The third-order valence-corrected chi connectivity index (χ3v) is 5.91. The molecule has 0 atom stereocenters. The quantitative estimate of drug-likeness (QED) is 0.323. The van der Waals surface area contributed by atoms with Crippen LogP contribution in [0.5, 0.6) is 0 Å². The number of allylic oxidation sites excluding steroid dienone is 1. The highest BCUT2D eigenvalue weighted by molar-refractivity contribution is 6.00. The molecule has 3 heterocycles. The summed E-state index contributed by atoms with van der Waals surface area (Å²) >= 11 is 0. The zero-order valence-corrected chi connectivity index (χ0v) is 20.4. The van der Waals surface area contributed by atoms with E-state index in [1.165, 1.54) is 18.2 Å². The largest absolute Gasteiger partial charge is 0.454 e. The van der Waals surface area contributed by atoms with Crippen LogP contribution < -0.4 is 5.43 Å². The number of amides is 1. The Kier molecular flexibility index (Phi) is 5.85. The van der Waals surface area contributed by atoms with Crippen LogP contribution in [0.1, 0.15) is 45.0 Å². The zero-order valence-electron chi connectivity index (χ0n) is 20.4. The van der Waals surface area contributed by atoms with Crippen LogP contribution in [0.3, 0.4) is 0 Å². The fourth-order valence-corrected chi connectivity index (χ4v) is 4.27. The molecule has 192 valence electrons. The second-order valence-corrected chi connectivity index (χ2v) is 9.84. The van der Waals surface area contributed by atoms with Crippen molar-refractivity contribution in [1.82, 2.24) is 14.9 Å². The maximum absolute atomic E-state index is 13.2. The summed E-state index contributed by atoms with van der Waals surface area (Å²) in [4.78, 5) is 33.0. The van der Waals surface area contributed by atoms with E-state index < -0.39 is 29.1 Å². The van der Waals surface area contributed by atoms with Crippen molar-refractivity contribution in [1.29, 1.82) is 0 Å². The molecule has 0 saturated heterocycles. The standard InChI is InChI=1S/C27H24F3N3O4/c1-26(2,3)37-25(35)33-13-5-4-6-19(33)15-7-9-16(10-8-15)21-14-20(34)17-11-12-18-22(23(17)36-21)32-24(31-18)27(28,29)30/h6-12,14H,4-5,13H2,1-3H3,(H,31,32). The van der Waals surface area contributed by atoms with Crippen LogP contribution in [0, 0.1) is 0 Å². The van der Waals surface area contributed by atoms with Crippen LogP contribution in [0.4, 0.5) is 18.0 Å². The van der Waals surface area contributed by atoms with E-state index in [1.807, 2.05) is 26.8 Å². The number of nitrogens with zero attached hydrogens (tertiary/aromatic N) is 2. The fraction of sp³-hybridized carbons (Fsp3) is 0.296.